The molecule has 32 heavy (non-hydrogen) atoms. The van der Waals surface area contributed by atoms with Crippen LogP contribution in [-0.2, 0) is 16.1 Å². The fourth-order valence-electron chi connectivity index (χ4n) is 3.32. The van der Waals surface area contributed by atoms with Crippen LogP contribution in [0, 0.1) is 0 Å². The Hall–Kier alpha value is -2.62. The molecule has 0 fully saturated rings. The van der Waals surface area contributed by atoms with Crippen LogP contribution in [0.2, 0.25) is 5.02 Å². The standard InChI is InChI=1S/C22H21ClN4O3S2/c1-3-17(20(28)30-4-2)31-21-25-24-19(27(21)15-9-7-8-14(23)12-15)13-26-16-10-5-6-11-18(16)32-22(26)29/h5-12,17H,3-4,13H2,1-2H3. The zero-order valence-corrected chi connectivity index (χ0v) is 19.9. The van der Waals surface area contributed by atoms with Crippen molar-refractivity contribution in [2.45, 2.75) is 37.2 Å². The van der Waals surface area contributed by atoms with Gasteiger partial charge in [0.25, 0.3) is 0 Å². The van der Waals surface area contributed by atoms with Gasteiger partial charge in [-0.15, -0.1) is 10.2 Å². The molecule has 0 saturated heterocycles. The smallest absolute Gasteiger partial charge is 0.319 e. The molecule has 2 aromatic heterocycles. The molecule has 2 heterocycles. The lowest BCUT2D eigenvalue weighted by Crippen LogP contribution is -2.20. The summed E-state index contributed by atoms with van der Waals surface area (Å²) < 4.78 is 9.64. The van der Waals surface area contributed by atoms with Crippen LogP contribution in [-0.4, -0.2) is 37.2 Å². The van der Waals surface area contributed by atoms with Gasteiger partial charge in [0.1, 0.15) is 5.25 Å². The lowest BCUT2D eigenvalue weighted by atomic mass is 10.3. The molecule has 0 bridgehead atoms. The molecule has 0 aliphatic carbocycles. The number of ether oxygens (including phenoxy) is 1. The molecule has 7 nitrogen and oxygen atoms in total. The van der Waals surface area contributed by atoms with E-state index in [0.717, 1.165) is 15.9 Å². The Balaban J connectivity index is 1.78. The number of thiazole rings is 1. The number of carbonyl (C=O) groups excluding carboxylic acids is 1. The summed E-state index contributed by atoms with van der Waals surface area (Å²) in [4.78, 5) is 25.0. The number of nitrogens with zero attached hydrogens (tertiary/aromatic N) is 4. The lowest BCUT2D eigenvalue weighted by molar-refractivity contribution is -0.142. The number of esters is 1. The van der Waals surface area contributed by atoms with Crippen molar-refractivity contribution >= 4 is 50.9 Å². The third kappa shape index (κ3) is 4.60. The van der Waals surface area contributed by atoms with Crippen molar-refractivity contribution in [3.8, 4) is 5.69 Å². The third-order valence-electron chi connectivity index (χ3n) is 4.81. The molecule has 4 rings (SSSR count). The molecule has 0 N–H and O–H groups in total. The van der Waals surface area contributed by atoms with Gasteiger partial charge in [0.2, 0.25) is 0 Å². The molecule has 1 atom stereocenters. The van der Waals surface area contributed by atoms with Gasteiger partial charge in [0.15, 0.2) is 11.0 Å². The van der Waals surface area contributed by atoms with Gasteiger partial charge in [-0.1, -0.05) is 59.8 Å². The normalized spacial score (nSPS) is 12.2. The molecular weight excluding hydrogens is 468 g/mol. The van der Waals surface area contributed by atoms with E-state index in [2.05, 4.69) is 10.2 Å². The van der Waals surface area contributed by atoms with Crippen molar-refractivity contribution in [2.24, 2.45) is 0 Å². The van der Waals surface area contributed by atoms with E-state index in [4.69, 9.17) is 16.3 Å². The number of hydrogen-bond donors (Lipinski definition) is 0. The number of hydrogen-bond acceptors (Lipinski definition) is 7. The van der Waals surface area contributed by atoms with E-state index < -0.39 is 5.25 Å². The molecule has 0 amide bonds. The van der Waals surface area contributed by atoms with Crippen molar-refractivity contribution in [1.82, 2.24) is 19.3 Å². The zero-order chi connectivity index (χ0) is 22.7. The van der Waals surface area contributed by atoms with Gasteiger partial charge < -0.3 is 4.74 Å². The van der Waals surface area contributed by atoms with Gasteiger partial charge in [-0.3, -0.25) is 18.7 Å². The summed E-state index contributed by atoms with van der Waals surface area (Å²) in [5.74, 6) is 0.279. The van der Waals surface area contributed by atoms with E-state index in [9.17, 15) is 9.59 Å². The Labute approximate surface area is 198 Å². The minimum Gasteiger partial charge on any atom is -0.465 e. The van der Waals surface area contributed by atoms with E-state index in [1.807, 2.05) is 47.9 Å². The highest BCUT2D eigenvalue weighted by Gasteiger charge is 2.25. The van der Waals surface area contributed by atoms with Crippen molar-refractivity contribution in [2.75, 3.05) is 6.61 Å². The molecule has 0 saturated carbocycles. The number of rotatable bonds is 8. The largest absolute Gasteiger partial charge is 0.465 e. The SMILES string of the molecule is CCOC(=O)C(CC)Sc1nnc(Cn2c(=O)sc3ccccc32)n1-c1cccc(Cl)c1. The highest BCUT2D eigenvalue weighted by Crippen LogP contribution is 2.29. The number of halogens is 1. The summed E-state index contributed by atoms with van der Waals surface area (Å²) in [5, 5.41) is 9.41. The molecule has 0 aliphatic heterocycles. The molecule has 10 heteroatoms. The van der Waals surface area contributed by atoms with Gasteiger partial charge in [0, 0.05) is 5.02 Å². The average molecular weight is 489 g/mol. The van der Waals surface area contributed by atoms with Crippen LogP contribution in [0.25, 0.3) is 15.9 Å². The second-order valence-corrected chi connectivity index (χ2v) is 9.50. The Morgan fingerprint density at radius 1 is 1.19 bits per heavy atom. The quantitative estimate of drug-likeness (QED) is 0.262. The Kier molecular flexibility index (Phi) is 6.98. The van der Waals surface area contributed by atoms with Gasteiger partial charge in [0.05, 0.1) is 29.1 Å². The van der Waals surface area contributed by atoms with E-state index in [1.54, 1.807) is 23.6 Å². The predicted molar refractivity (Wildman–Crippen MR) is 128 cm³/mol. The highest BCUT2D eigenvalue weighted by atomic mass is 35.5. The minimum absolute atomic E-state index is 0.0704. The zero-order valence-electron chi connectivity index (χ0n) is 17.5. The van der Waals surface area contributed by atoms with Crippen LogP contribution in [0.5, 0.6) is 0 Å². The van der Waals surface area contributed by atoms with Crippen molar-refractivity contribution in [3.05, 3.63) is 69.0 Å². The van der Waals surface area contributed by atoms with Crippen LogP contribution in [0.1, 0.15) is 26.1 Å². The molecule has 0 aliphatic rings. The maximum absolute atomic E-state index is 12.7. The fraction of sp³-hybridized carbons (Fsp3) is 0.273. The summed E-state index contributed by atoms with van der Waals surface area (Å²) in [6, 6.07) is 15.0. The monoisotopic (exact) mass is 488 g/mol. The number of carbonyl (C=O) groups is 1. The first-order valence-electron chi connectivity index (χ1n) is 10.1. The number of para-hydroxylation sites is 1. The third-order valence-corrected chi connectivity index (χ3v) is 7.29. The number of thioether (sulfide) groups is 1. The van der Waals surface area contributed by atoms with Gasteiger partial charge in [-0.25, -0.2) is 0 Å². The van der Waals surface area contributed by atoms with Crippen molar-refractivity contribution in [1.29, 1.82) is 0 Å². The molecule has 4 aromatic rings. The summed E-state index contributed by atoms with van der Waals surface area (Å²) >= 11 is 8.74. The first-order valence-corrected chi connectivity index (χ1v) is 12.2. The second kappa shape index (κ2) is 9.89. The molecular formula is C22H21ClN4O3S2. The molecule has 166 valence electrons. The van der Waals surface area contributed by atoms with Crippen molar-refractivity contribution < 1.29 is 9.53 Å². The van der Waals surface area contributed by atoms with E-state index in [-0.39, 0.29) is 17.4 Å². The first kappa shape index (κ1) is 22.6. The number of benzene rings is 2. The summed E-state index contributed by atoms with van der Waals surface area (Å²) in [6.07, 6.45) is 0.579. The van der Waals surface area contributed by atoms with Crippen LogP contribution in [0.4, 0.5) is 0 Å². The van der Waals surface area contributed by atoms with Crippen LogP contribution >= 0.6 is 34.7 Å². The minimum atomic E-state index is -0.422. The number of fused-ring (bicyclic) bond motifs is 1. The molecule has 0 spiro atoms. The maximum Gasteiger partial charge on any atom is 0.319 e. The lowest BCUT2D eigenvalue weighted by Gasteiger charge is -2.15. The van der Waals surface area contributed by atoms with Crippen LogP contribution in [0.3, 0.4) is 0 Å². The van der Waals surface area contributed by atoms with Gasteiger partial charge in [-0.2, -0.15) is 0 Å². The predicted octanol–water partition coefficient (Wildman–Crippen LogP) is 4.78. The fourth-order valence-corrected chi connectivity index (χ4v) is 5.38. The summed E-state index contributed by atoms with van der Waals surface area (Å²) in [5.41, 5.74) is 1.60. The topological polar surface area (TPSA) is 79.0 Å². The maximum atomic E-state index is 12.7. The molecule has 1 unspecified atom stereocenters. The number of aromatic nitrogens is 4. The van der Waals surface area contributed by atoms with E-state index >= 15 is 0 Å². The van der Waals surface area contributed by atoms with Crippen molar-refractivity contribution in [3.63, 3.8) is 0 Å². The van der Waals surface area contributed by atoms with Gasteiger partial charge >= 0.3 is 10.8 Å². The summed E-state index contributed by atoms with van der Waals surface area (Å²) in [7, 11) is 0. The first-order chi connectivity index (χ1) is 15.5. The average Bonchev–Trinajstić information content (AvgIpc) is 3.32. The summed E-state index contributed by atoms with van der Waals surface area (Å²) in [6.45, 7) is 4.26. The Bertz CT molecular complexity index is 1310. The highest BCUT2D eigenvalue weighted by molar-refractivity contribution is 8.00. The second-order valence-electron chi connectivity index (χ2n) is 6.90. The van der Waals surface area contributed by atoms with E-state index in [1.165, 1.54) is 23.1 Å². The van der Waals surface area contributed by atoms with Crippen LogP contribution < -0.4 is 4.87 Å². The van der Waals surface area contributed by atoms with E-state index in [0.29, 0.717) is 29.0 Å². The Morgan fingerprint density at radius 3 is 2.75 bits per heavy atom. The molecule has 2 aromatic carbocycles. The van der Waals surface area contributed by atoms with Crippen LogP contribution in [0.15, 0.2) is 58.5 Å². The Morgan fingerprint density at radius 2 is 2.00 bits per heavy atom. The molecule has 0 radical (unpaired) electrons. The van der Waals surface area contributed by atoms with Gasteiger partial charge in [-0.05, 0) is 43.7 Å².